The maximum absolute atomic E-state index is 2.65. The van der Waals surface area contributed by atoms with Crippen LogP contribution in [0.2, 0.25) is 0 Å². The summed E-state index contributed by atoms with van der Waals surface area (Å²) in [5.41, 5.74) is 12.6. The standard InChI is InChI=1S/C34H36BN/c1-25-12-18-29(19-13-25)34-33(28-9-5-4-6-10-28)32-11-7-8-24-36(32)35(34,30-20-14-26(2)15-21-30)31-22-16-27(3)17-23-31/h7-8,11-24,28H,4-6,9-10H2,1-3H3. The number of allylic oxidation sites excluding steroid dienone is 1. The third-order valence-electron chi connectivity index (χ3n) is 8.79. The summed E-state index contributed by atoms with van der Waals surface area (Å²) in [7, 11) is 0. The van der Waals surface area contributed by atoms with E-state index in [0.29, 0.717) is 5.92 Å². The van der Waals surface area contributed by atoms with Crippen LogP contribution in [-0.2, 0) is 0 Å². The predicted octanol–water partition coefficient (Wildman–Crippen LogP) is 6.55. The van der Waals surface area contributed by atoms with Crippen molar-refractivity contribution in [2.45, 2.75) is 52.9 Å². The number of hydrogen-bond donors (Lipinski definition) is 0. The van der Waals surface area contributed by atoms with Gasteiger partial charge in [-0.2, -0.15) is 0 Å². The molecule has 1 aliphatic heterocycles. The second kappa shape index (κ2) is 9.24. The van der Waals surface area contributed by atoms with Crippen molar-refractivity contribution in [3.8, 4) is 0 Å². The summed E-state index contributed by atoms with van der Waals surface area (Å²) in [5, 5.41) is 0. The van der Waals surface area contributed by atoms with Crippen LogP contribution in [-0.4, -0.2) is 6.28 Å². The molecule has 0 amide bonds. The lowest BCUT2D eigenvalue weighted by atomic mass is 9.23. The molecule has 6 rings (SSSR count). The third-order valence-corrected chi connectivity index (χ3v) is 8.79. The minimum Gasteiger partial charge on any atom is -0.408 e. The highest BCUT2D eigenvalue weighted by Gasteiger charge is 2.52. The van der Waals surface area contributed by atoms with E-state index in [4.69, 9.17) is 0 Å². The van der Waals surface area contributed by atoms with Crippen molar-refractivity contribution in [3.05, 3.63) is 125 Å². The molecule has 1 aromatic heterocycles. The number of hydrogen-bond acceptors (Lipinski definition) is 0. The molecule has 0 saturated heterocycles. The monoisotopic (exact) mass is 469 g/mol. The van der Waals surface area contributed by atoms with Crippen molar-refractivity contribution in [1.82, 2.24) is 0 Å². The van der Waals surface area contributed by atoms with Crippen LogP contribution < -0.4 is 15.4 Å². The Balaban J connectivity index is 1.77. The largest absolute Gasteiger partial charge is 0.408 e. The topological polar surface area (TPSA) is 3.88 Å². The molecule has 0 N–H and O–H groups in total. The quantitative estimate of drug-likeness (QED) is 0.299. The minimum atomic E-state index is -1.39. The van der Waals surface area contributed by atoms with Gasteiger partial charge in [-0.3, -0.25) is 0 Å². The van der Waals surface area contributed by atoms with E-state index in [1.54, 1.807) is 5.57 Å². The van der Waals surface area contributed by atoms with E-state index >= 15 is 0 Å². The zero-order chi connectivity index (χ0) is 24.7. The van der Waals surface area contributed by atoms with Crippen LogP contribution in [0.5, 0.6) is 0 Å². The molecule has 0 radical (unpaired) electrons. The average molecular weight is 469 g/mol. The first kappa shape index (κ1) is 23.0. The third kappa shape index (κ3) is 3.66. The smallest absolute Gasteiger partial charge is 0.361 e. The van der Waals surface area contributed by atoms with E-state index in [1.807, 2.05) is 0 Å². The summed E-state index contributed by atoms with van der Waals surface area (Å²) < 4.78 is 2.65. The zero-order valence-electron chi connectivity index (χ0n) is 21.9. The summed E-state index contributed by atoms with van der Waals surface area (Å²) in [6, 6.07) is 34.9. The van der Waals surface area contributed by atoms with Gasteiger partial charge < -0.3 is 4.48 Å². The summed E-state index contributed by atoms with van der Waals surface area (Å²) in [6.07, 6.45) is 7.55. The zero-order valence-corrected chi connectivity index (χ0v) is 21.9. The van der Waals surface area contributed by atoms with E-state index in [0.717, 1.165) is 0 Å². The number of benzene rings is 3. The van der Waals surface area contributed by atoms with Crippen LogP contribution in [0.1, 0.15) is 60.1 Å². The van der Waals surface area contributed by atoms with Crippen LogP contribution in [0.15, 0.2) is 97.2 Å². The average Bonchev–Trinajstić information content (AvgIpc) is 3.22. The highest BCUT2D eigenvalue weighted by Crippen LogP contribution is 2.45. The van der Waals surface area contributed by atoms with Crippen molar-refractivity contribution in [1.29, 1.82) is 0 Å². The fraction of sp³-hybridized carbons (Fsp3) is 0.265. The van der Waals surface area contributed by atoms with E-state index in [2.05, 4.69) is 122 Å². The number of pyridine rings is 1. The molecule has 2 heterocycles. The van der Waals surface area contributed by atoms with Crippen molar-refractivity contribution in [2.75, 3.05) is 0 Å². The van der Waals surface area contributed by atoms with Crippen molar-refractivity contribution in [2.24, 2.45) is 5.92 Å². The first-order valence-electron chi connectivity index (χ1n) is 13.7. The molecular formula is C34H36BN. The van der Waals surface area contributed by atoms with Gasteiger partial charge in [-0.1, -0.05) is 120 Å². The maximum Gasteiger partial charge on any atom is 0.361 e. The number of rotatable bonds is 4. The summed E-state index contributed by atoms with van der Waals surface area (Å²) >= 11 is 0. The molecule has 4 aromatic rings. The number of fused-ring (bicyclic) bond motifs is 1. The second-order valence-corrected chi connectivity index (χ2v) is 11.2. The van der Waals surface area contributed by atoms with Gasteiger partial charge in [0.1, 0.15) is 6.20 Å². The van der Waals surface area contributed by atoms with Gasteiger partial charge in [-0.05, 0) is 51.2 Å². The second-order valence-electron chi connectivity index (χ2n) is 11.2. The van der Waals surface area contributed by atoms with Crippen LogP contribution in [0.4, 0.5) is 0 Å². The molecule has 1 aliphatic carbocycles. The predicted molar refractivity (Wildman–Crippen MR) is 154 cm³/mol. The molecule has 1 fully saturated rings. The Labute approximate surface area is 216 Å². The van der Waals surface area contributed by atoms with Gasteiger partial charge in [0.15, 0.2) is 5.69 Å². The summed E-state index contributed by atoms with van der Waals surface area (Å²) in [4.78, 5) is 0. The summed E-state index contributed by atoms with van der Waals surface area (Å²) in [6.45, 7) is 6.57. The molecular weight excluding hydrogens is 433 g/mol. The molecule has 1 saturated carbocycles. The molecule has 180 valence electrons. The molecule has 2 aliphatic rings. The highest BCUT2D eigenvalue weighted by atomic mass is 14.9. The van der Waals surface area contributed by atoms with E-state index < -0.39 is 6.28 Å². The van der Waals surface area contributed by atoms with E-state index in [9.17, 15) is 0 Å². The first-order valence-corrected chi connectivity index (χ1v) is 13.7. The van der Waals surface area contributed by atoms with Gasteiger partial charge in [0.2, 0.25) is 0 Å². The Kier molecular flexibility index (Phi) is 5.92. The molecule has 0 unspecified atom stereocenters. The highest BCUT2D eigenvalue weighted by molar-refractivity contribution is 7.10. The van der Waals surface area contributed by atoms with Gasteiger partial charge >= 0.3 is 6.28 Å². The van der Waals surface area contributed by atoms with E-state index in [-0.39, 0.29) is 0 Å². The van der Waals surface area contributed by atoms with Crippen molar-refractivity contribution in [3.63, 3.8) is 0 Å². The first-order chi connectivity index (χ1) is 17.6. The van der Waals surface area contributed by atoms with E-state index in [1.165, 1.54) is 76.4 Å². The SMILES string of the molecule is Cc1ccc(C2=C(C3CCCCC3)c3cccc[n+]3[B-]2(c2ccc(C)cc2)c2ccc(C)cc2)cc1. The number of nitrogens with zero attached hydrogens (tertiary/aromatic N) is 1. The van der Waals surface area contributed by atoms with Gasteiger partial charge in [0.25, 0.3) is 0 Å². The normalized spacial score (nSPS) is 17.3. The molecule has 0 atom stereocenters. The Morgan fingerprint density at radius 1 is 0.611 bits per heavy atom. The molecule has 2 heteroatoms. The van der Waals surface area contributed by atoms with Gasteiger partial charge in [-0.25, -0.2) is 0 Å². The Morgan fingerprint density at radius 3 is 1.69 bits per heavy atom. The molecule has 36 heavy (non-hydrogen) atoms. The van der Waals surface area contributed by atoms with Gasteiger partial charge in [0, 0.05) is 6.07 Å². The Bertz CT molecular complexity index is 1360. The molecule has 1 nitrogen and oxygen atoms in total. The molecule has 0 spiro atoms. The molecule has 0 bridgehead atoms. The fourth-order valence-corrected chi connectivity index (χ4v) is 7.01. The Morgan fingerprint density at radius 2 is 1.14 bits per heavy atom. The number of aryl methyl sites for hydroxylation is 3. The number of aromatic nitrogens is 1. The van der Waals surface area contributed by atoms with Crippen LogP contribution in [0.3, 0.4) is 0 Å². The molecule has 3 aromatic carbocycles. The van der Waals surface area contributed by atoms with Crippen molar-refractivity contribution < 1.29 is 4.48 Å². The van der Waals surface area contributed by atoms with Gasteiger partial charge in [0.05, 0.1) is 0 Å². The minimum absolute atomic E-state index is 0.600. The fourth-order valence-electron chi connectivity index (χ4n) is 7.01. The lowest BCUT2D eigenvalue weighted by Gasteiger charge is -2.36. The lowest BCUT2D eigenvalue weighted by molar-refractivity contribution is -0.539. The Hall–Kier alpha value is -3.39. The van der Waals surface area contributed by atoms with Crippen LogP contribution in [0.25, 0.3) is 11.0 Å². The van der Waals surface area contributed by atoms with Gasteiger partial charge in [-0.15, -0.1) is 16.4 Å². The lowest BCUT2D eigenvalue weighted by Crippen LogP contribution is -2.78. The summed E-state index contributed by atoms with van der Waals surface area (Å²) in [5.74, 6) is 0.600. The van der Waals surface area contributed by atoms with Crippen molar-refractivity contribution >= 4 is 28.3 Å². The van der Waals surface area contributed by atoms with Crippen LogP contribution >= 0.6 is 0 Å². The van der Waals surface area contributed by atoms with Crippen LogP contribution in [0, 0.1) is 26.7 Å². The maximum atomic E-state index is 2.65.